The fourth-order valence-corrected chi connectivity index (χ4v) is 2.16. The maximum atomic E-state index is 13.5. The standard InChI is InChI=1S/C18H21FN2O/c1-2-5-18(22)21-16-10-8-15(9-11-16)20-13-12-14-6-3-4-7-17(14)19/h3-4,6-11,20H,2,5,12-13H2,1H3,(H,21,22). The lowest BCUT2D eigenvalue weighted by Gasteiger charge is -2.09. The predicted octanol–water partition coefficient (Wildman–Crippen LogP) is 4.22. The van der Waals surface area contributed by atoms with Crippen molar-refractivity contribution >= 4 is 17.3 Å². The quantitative estimate of drug-likeness (QED) is 0.804. The van der Waals surface area contributed by atoms with E-state index in [1.165, 1.54) is 6.07 Å². The molecule has 2 N–H and O–H groups in total. The van der Waals surface area contributed by atoms with Crippen LogP contribution in [-0.4, -0.2) is 12.5 Å². The van der Waals surface area contributed by atoms with Crippen LogP contribution in [0.4, 0.5) is 15.8 Å². The lowest BCUT2D eigenvalue weighted by atomic mass is 10.1. The van der Waals surface area contributed by atoms with Crippen LogP contribution in [0.15, 0.2) is 48.5 Å². The number of amides is 1. The van der Waals surface area contributed by atoms with Crippen molar-refractivity contribution in [2.24, 2.45) is 0 Å². The maximum Gasteiger partial charge on any atom is 0.224 e. The molecule has 0 aliphatic heterocycles. The van der Waals surface area contributed by atoms with Crippen LogP contribution in [0.1, 0.15) is 25.3 Å². The summed E-state index contributed by atoms with van der Waals surface area (Å²) in [6.45, 7) is 2.63. The van der Waals surface area contributed by atoms with Gasteiger partial charge in [-0.3, -0.25) is 4.79 Å². The smallest absolute Gasteiger partial charge is 0.224 e. The van der Waals surface area contributed by atoms with Crippen molar-refractivity contribution in [1.82, 2.24) is 0 Å². The topological polar surface area (TPSA) is 41.1 Å². The van der Waals surface area contributed by atoms with E-state index >= 15 is 0 Å². The number of nitrogens with one attached hydrogen (secondary N) is 2. The third-order valence-electron chi connectivity index (χ3n) is 3.33. The fraction of sp³-hybridized carbons (Fsp3) is 0.278. The Balaban J connectivity index is 1.81. The molecule has 2 aromatic rings. The molecule has 4 heteroatoms. The molecule has 0 radical (unpaired) electrons. The molecule has 0 atom stereocenters. The largest absolute Gasteiger partial charge is 0.385 e. The second-order valence-electron chi connectivity index (χ2n) is 5.14. The van der Waals surface area contributed by atoms with Crippen molar-refractivity contribution in [1.29, 1.82) is 0 Å². The van der Waals surface area contributed by atoms with Gasteiger partial charge in [0.25, 0.3) is 0 Å². The van der Waals surface area contributed by atoms with Gasteiger partial charge in [0.1, 0.15) is 5.82 Å². The Morgan fingerprint density at radius 1 is 1.05 bits per heavy atom. The highest BCUT2D eigenvalue weighted by atomic mass is 19.1. The summed E-state index contributed by atoms with van der Waals surface area (Å²) >= 11 is 0. The SMILES string of the molecule is CCCC(=O)Nc1ccc(NCCc2ccccc2F)cc1. The van der Waals surface area contributed by atoms with E-state index in [-0.39, 0.29) is 11.7 Å². The Morgan fingerprint density at radius 2 is 1.73 bits per heavy atom. The third kappa shape index (κ3) is 4.88. The number of benzene rings is 2. The van der Waals surface area contributed by atoms with Crippen LogP contribution in [0, 0.1) is 5.82 Å². The van der Waals surface area contributed by atoms with Gasteiger partial charge in [0, 0.05) is 24.3 Å². The van der Waals surface area contributed by atoms with Crippen LogP contribution in [0.5, 0.6) is 0 Å². The Morgan fingerprint density at radius 3 is 2.41 bits per heavy atom. The van der Waals surface area contributed by atoms with E-state index in [4.69, 9.17) is 0 Å². The molecule has 0 heterocycles. The third-order valence-corrected chi connectivity index (χ3v) is 3.33. The minimum Gasteiger partial charge on any atom is -0.385 e. The summed E-state index contributed by atoms with van der Waals surface area (Å²) in [7, 11) is 0. The zero-order chi connectivity index (χ0) is 15.8. The molecule has 0 spiro atoms. The van der Waals surface area contributed by atoms with E-state index in [0.717, 1.165) is 17.8 Å². The van der Waals surface area contributed by atoms with Crippen LogP contribution in [0.25, 0.3) is 0 Å². The summed E-state index contributed by atoms with van der Waals surface area (Å²) in [5, 5.41) is 6.09. The summed E-state index contributed by atoms with van der Waals surface area (Å²) in [4.78, 5) is 11.5. The summed E-state index contributed by atoms with van der Waals surface area (Å²) in [6, 6.07) is 14.3. The average molecular weight is 300 g/mol. The Labute approximate surface area is 130 Å². The molecule has 0 aliphatic carbocycles. The van der Waals surface area contributed by atoms with Gasteiger partial charge >= 0.3 is 0 Å². The van der Waals surface area contributed by atoms with Gasteiger partial charge in [0.2, 0.25) is 5.91 Å². The summed E-state index contributed by atoms with van der Waals surface area (Å²) in [5.41, 5.74) is 2.45. The molecule has 2 rings (SSSR count). The molecule has 2 aromatic carbocycles. The minimum absolute atomic E-state index is 0.0303. The van der Waals surface area contributed by atoms with Crippen molar-refractivity contribution in [2.75, 3.05) is 17.2 Å². The summed E-state index contributed by atoms with van der Waals surface area (Å²) < 4.78 is 13.5. The van der Waals surface area contributed by atoms with Crippen molar-refractivity contribution in [3.63, 3.8) is 0 Å². The Hall–Kier alpha value is -2.36. The zero-order valence-corrected chi connectivity index (χ0v) is 12.7. The molecular formula is C18H21FN2O. The van der Waals surface area contributed by atoms with Crippen LogP contribution >= 0.6 is 0 Å². The Kier molecular flexibility index (Phi) is 5.95. The van der Waals surface area contributed by atoms with Gasteiger partial charge in [0.05, 0.1) is 0 Å². The lowest BCUT2D eigenvalue weighted by molar-refractivity contribution is -0.116. The van der Waals surface area contributed by atoms with Gasteiger partial charge < -0.3 is 10.6 Å². The molecule has 0 bridgehead atoms. The Bertz CT molecular complexity index is 611. The molecule has 0 fully saturated rings. The number of halogens is 1. The lowest BCUT2D eigenvalue weighted by Crippen LogP contribution is -2.10. The van der Waals surface area contributed by atoms with E-state index in [1.54, 1.807) is 12.1 Å². The van der Waals surface area contributed by atoms with Crippen molar-refractivity contribution in [3.05, 3.63) is 59.9 Å². The molecule has 22 heavy (non-hydrogen) atoms. The molecule has 0 unspecified atom stereocenters. The number of rotatable bonds is 7. The first-order chi connectivity index (χ1) is 10.7. The minimum atomic E-state index is -0.168. The van der Waals surface area contributed by atoms with E-state index in [2.05, 4.69) is 10.6 Å². The molecule has 0 aromatic heterocycles. The van der Waals surface area contributed by atoms with E-state index < -0.39 is 0 Å². The number of hydrogen-bond acceptors (Lipinski definition) is 2. The second kappa shape index (κ2) is 8.17. The van der Waals surface area contributed by atoms with Crippen LogP contribution < -0.4 is 10.6 Å². The van der Waals surface area contributed by atoms with Gasteiger partial charge in [-0.05, 0) is 48.7 Å². The average Bonchev–Trinajstić information content (AvgIpc) is 2.51. The summed E-state index contributed by atoms with van der Waals surface area (Å²) in [5.74, 6) is -0.138. The number of anilines is 2. The van der Waals surface area contributed by atoms with Crippen LogP contribution in [0.3, 0.4) is 0 Å². The number of hydrogen-bond donors (Lipinski definition) is 2. The summed E-state index contributed by atoms with van der Waals surface area (Å²) in [6.07, 6.45) is 1.99. The van der Waals surface area contributed by atoms with Gasteiger partial charge in [-0.25, -0.2) is 4.39 Å². The fourth-order valence-electron chi connectivity index (χ4n) is 2.16. The highest BCUT2D eigenvalue weighted by Crippen LogP contribution is 2.14. The van der Waals surface area contributed by atoms with Crippen LogP contribution in [-0.2, 0) is 11.2 Å². The first-order valence-electron chi connectivity index (χ1n) is 7.56. The molecule has 3 nitrogen and oxygen atoms in total. The first kappa shape index (κ1) is 16.0. The molecule has 116 valence electrons. The molecule has 0 aliphatic rings. The zero-order valence-electron chi connectivity index (χ0n) is 12.7. The highest BCUT2D eigenvalue weighted by Gasteiger charge is 2.02. The normalized spacial score (nSPS) is 10.3. The van der Waals surface area contributed by atoms with Gasteiger partial charge in [-0.15, -0.1) is 0 Å². The maximum absolute atomic E-state index is 13.5. The van der Waals surface area contributed by atoms with E-state index in [0.29, 0.717) is 24.9 Å². The van der Waals surface area contributed by atoms with E-state index in [1.807, 2.05) is 37.3 Å². The predicted molar refractivity (Wildman–Crippen MR) is 88.6 cm³/mol. The molecule has 0 saturated heterocycles. The number of carbonyl (C=O) groups excluding carboxylic acids is 1. The van der Waals surface area contributed by atoms with Gasteiger partial charge in [0.15, 0.2) is 0 Å². The van der Waals surface area contributed by atoms with Gasteiger partial charge in [-0.2, -0.15) is 0 Å². The highest BCUT2D eigenvalue weighted by molar-refractivity contribution is 5.90. The first-order valence-corrected chi connectivity index (χ1v) is 7.56. The van der Waals surface area contributed by atoms with Crippen LogP contribution in [0.2, 0.25) is 0 Å². The van der Waals surface area contributed by atoms with Crippen molar-refractivity contribution < 1.29 is 9.18 Å². The number of carbonyl (C=O) groups is 1. The molecule has 1 amide bonds. The van der Waals surface area contributed by atoms with E-state index in [9.17, 15) is 9.18 Å². The van der Waals surface area contributed by atoms with Crippen molar-refractivity contribution in [2.45, 2.75) is 26.2 Å². The molecular weight excluding hydrogens is 279 g/mol. The van der Waals surface area contributed by atoms with Crippen molar-refractivity contribution in [3.8, 4) is 0 Å². The molecule has 0 saturated carbocycles. The second-order valence-corrected chi connectivity index (χ2v) is 5.14. The monoisotopic (exact) mass is 300 g/mol. The van der Waals surface area contributed by atoms with Gasteiger partial charge in [-0.1, -0.05) is 25.1 Å².